The molecule has 2 aromatic heterocycles. The normalized spacial score (nSPS) is 15.8. The fraction of sp³-hybridized carbons (Fsp3) is 0.444. The molecule has 1 N–H and O–H groups in total. The van der Waals surface area contributed by atoms with Crippen LogP contribution >= 0.6 is 0 Å². The van der Waals surface area contributed by atoms with E-state index in [9.17, 15) is 4.79 Å². The first-order valence-electron chi connectivity index (χ1n) is 8.67. The molecule has 1 saturated heterocycles. The van der Waals surface area contributed by atoms with Gasteiger partial charge in [-0.1, -0.05) is 6.92 Å². The number of hydrogen-bond acceptors (Lipinski definition) is 5. The van der Waals surface area contributed by atoms with Crippen molar-refractivity contribution < 1.29 is 4.79 Å². The van der Waals surface area contributed by atoms with Crippen molar-refractivity contribution in [2.24, 2.45) is 0 Å². The molecular formula is C18H24N6O. The van der Waals surface area contributed by atoms with Crippen LogP contribution in [0.2, 0.25) is 0 Å². The molecule has 132 valence electrons. The lowest BCUT2D eigenvalue weighted by Crippen LogP contribution is -2.52. The van der Waals surface area contributed by atoms with Gasteiger partial charge in [-0.2, -0.15) is 0 Å². The van der Waals surface area contributed by atoms with E-state index in [0.29, 0.717) is 13.1 Å². The van der Waals surface area contributed by atoms with E-state index < -0.39 is 0 Å². The molecule has 3 rings (SSSR count). The van der Waals surface area contributed by atoms with Crippen LogP contribution in [0.1, 0.15) is 30.8 Å². The Kier molecular flexibility index (Phi) is 5.42. The van der Waals surface area contributed by atoms with Crippen molar-refractivity contribution in [1.82, 2.24) is 25.2 Å². The molecule has 25 heavy (non-hydrogen) atoms. The number of carbonyl (C=O) groups is 1. The van der Waals surface area contributed by atoms with Crippen LogP contribution in [0.25, 0.3) is 0 Å². The quantitative estimate of drug-likeness (QED) is 0.923. The topological polar surface area (TPSA) is 74.2 Å². The summed E-state index contributed by atoms with van der Waals surface area (Å²) in [6, 6.07) is 5.81. The number of anilines is 1. The summed E-state index contributed by atoms with van der Waals surface area (Å²) in [5.41, 5.74) is 1.08. The zero-order chi connectivity index (χ0) is 17.6. The average molecular weight is 340 g/mol. The summed E-state index contributed by atoms with van der Waals surface area (Å²) in [6.07, 6.45) is 6.13. The SMILES string of the molecule is CCC(NC(=O)N1CCN(c2ccnc(C)n2)CC1)c1ccncc1. The van der Waals surface area contributed by atoms with Crippen molar-refractivity contribution in [2.75, 3.05) is 31.1 Å². The van der Waals surface area contributed by atoms with E-state index in [-0.39, 0.29) is 12.1 Å². The number of amides is 2. The lowest BCUT2D eigenvalue weighted by atomic mass is 10.1. The molecule has 7 nitrogen and oxygen atoms in total. The Morgan fingerprint density at radius 1 is 1.16 bits per heavy atom. The van der Waals surface area contributed by atoms with Crippen LogP contribution in [0.5, 0.6) is 0 Å². The smallest absolute Gasteiger partial charge is 0.318 e. The van der Waals surface area contributed by atoms with Crippen molar-refractivity contribution in [1.29, 1.82) is 0 Å². The molecule has 0 aromatic carbocycles. The Hall–Kier alpha value is -2.70. The second-order valence-electron chi connectivity index (χ2n) is 6.13. The Bertz CT molecular complexity index is 700. The molecule has 1 fully saturated rings. The maximum atomic E-state index is 12.6. The summed E-state index contributed by atoms with van der Waals surface area (Å²) in [5.74, 6) is 1.69. The second kappa shape index (κ2) is 7.92. The van der Waals surface area contributed by atoms with Gasteiger partial charge in [0.1, 0.15) is 11.6 Å². The number of piperazine rings is 1. The van der Waals surface area contributed by atoms with Gasteiger partial charge in [-0.25, -0.2) is 14.8 Å². The molecule has 0 saturated carbocycles. The molecule has 0 spiro atoms. The molecule has 1 atom stereocenters. The third-order valence-corrected chi connectivity index (χ3v) is 4.47. The van der Waals surface area contributed by atoms with Gasteiger partial charge in [0.15, 0.2) is 0 Å². The third-order valence-electron chi connectivity index (χ3n) is 4.47. The largest absolute Gasteiger partial charge is 0.353 e. The summed E-state index contributed by atoms with van der Waals surface area (Å²) in [4.78, 5) is 29.3. The van der Waals surface area contributed by atoms with E-state index in [1.165, 1.54) is 0 Å². The molecule has 0 bridgehead atoms. The van der Waals surface area contributed by atoms with Crippen LogP contribution in [-0.2, 0) is 0 Å². The van der Waals surface area contributed by atoms with E-state index >= 15 is 0 Å². The minimum absolute atomic E-state index is 0.0119. The van der Waals surface area contributed by atoms with Gasteiger partial charge in [-0.15, -0.1) is 0 Å². The Labute approximate surface area is 148 Å². The van der Waals surface area contributed by atoms with Crippen LogP contribution < -0.4 is 10.2 Å². The van der Waals surface area contributed by atoms with Crippen molar-refractivity contribution in [3.8, 4) is 0 Å². The number of rotatable bonds is 4. The number of pyridine rings is 1. The maximum Gasteiger partial charge on any atom is 0.318 e. The monoisotopic (exact) mass is 340 g/mol. The van der Waals surface area contributed by atoms with Crippen molar-refractivity contribution in [2.45, 2.75) is 26.3 Å². The van der Waals surface area contributed by atoms with Crippen molar-refractivity contribution in [3.63, 3.8) is 0 Å². The molecule has 3 heterocycles. The minimum atomic E-state index is -0.0119. The van der Waals surface area contributed by atoms with Gasteiger partial charge in [0.25, 0.3) is 0 Å². The number of nitrogens with zero attached hydrogens (tertiary/aromatic N) is 5. The Morgan fingerprint density at radius 2 is 1.88 bits per heavy atom. The van der Waals surface area contributed by atoms with Gasteiger partial charge >= 0.3 is 6.03 Å². The number of hydrogen-bond donors (Lipinski definition) is 1. The number of carbonyl (C=O) groups excluding carboxylic acids is 1. The first kappa shape index (κ1) is 17.1. The standard InChI is InChI=1S/C18H24N6O/c1-3-16(15-4-7-19-8-5-15)22-18(25)24-12-10-23(11-13-24)17-6-9-20-14(2)21-17/h4-9,16H,3,10-13H2,1-2H3,(H,22,25). The lowest BCUT2D eigenvalue weighted by Gasteiger charge is -2.36. The molecule has 1 unspecified atom stereocenters. The van der Waals surface area contributed by atoms with E-state index in [1.807, 2.05) is 30.0 Å². The first-order chi connectivity index (χ1) is 12.2. The summed E-state index contributed by atoms with van der Waals surface area (Å²) >= 11 is 0. The number of aromatic nitrogens is 3. The van der Waals surface area contributed by atoms with Crippen LogP contribution in [0, 0.1) is 6.92 Å². The van der Waals surface area contributed by atoms with Crippen LogP contribution in [-0.4, -0.2) is 52.1 Å². The minimum Gasteiger partial charge on any atom is -0.353 e. The molecule has 1 aliphatic rings. The molecule has 1 aliphatic heterocycles. The van der Waals surface area contributed by atoms with Gasteiger partial charge in [0.2, 0.25) is 0 Å². The molecule has 2 amide bonds. The predicted octanol–water partition coefficient (Wildman–Crippen LogP) is 2.16. The first-order valence-corrected chi connectivity index (χ1v) is 8.67. The van der Waals surface area contributed by atoms with Crippen LogP contribution in [0.4, 0.5) is 10.6 Å². The molecule has 0 radical (unpaired) electrons. The third kappa shape index (κ3) is 4.23. The van der Waals surface area contributed by atoms with E-state index in [4.69, 9.17) is 0 Å². The lowest BCUT2D eigenvalue weighted by molar-refractivity contribution is 0.190. The number of aryl methyl sites for hydroxylation is 1. The summed E-state index contributed by atoms with van der Waals surface area (Å²) in [6.45, 7) is 6.87. The molecule has 0 aliphatic carbocycles. The molecule has 7 heteroatoms. The van der Waals surface area contributed by atoms with Crippen molar-refractivity contribution >= 4 is 11.8 Å². The summed E-state index contributed by atoms with van der Waals surface area (Å²) in [5, 5.41) is 3.13. The fourth-order valence-electron chi connectivity index (χ4n) is 3.02. The van der Waals surface area contributed by atoms with Crippen LogP contribution in [0.3, 0.4) is 0 Å². The van der Waals surface area contributed by atoms with Crippen LogP contribution in [0.15, 0.2) is 36.8 Å². The Balaban J connectivity index is 1.56. The van der Waals surface area contributed by atoms with Gasteiger partial charge in [0, 0.05) is 44.8 Å². The molecule has 2 aromatic rings. The van der Waals surface area contributed by atoms with E-state index in [0.717, 1.165) is 36.7 Å². The summed E-state index contributed by atoms with van der Waals surface area (Å²) < 4.78 is 0. The average Bonchev–Trinajstić information content (AvgIpc) is 2.67. The predicted molar refractivity (Wildman–Crippen MR) is 96.4 cm³/mol. The highest BCUT2D eigenvalue weighted by Crippen LogP contribution is 2.17. The van der Waals surface area contributed by atoms with Gasteiger partial charge in [-0.05, 0) is 37.1 Å². The van der Waals surface area contributed by atoms with Gasteiger partial charge in [-0.3, -0.25) is 4.98 Å². The number of nitrogens with one attached hydrogen (secondary N) is 1. The van der Waals surface area contributed by atoms with E-state index in [2.05, 4.69) is 32.1 Å². The van der Waals surface area contributed by atoms with Gasteiger partial charge in [0.05, 0.1) is 6.04 Å². The zero-order valence-electron chi connectivity index (χ0n) is 14.7. The van der Waals surface area contributed by atoms with E-state index in [1.54, 1.807) is 18.6 Å². The fourth-order valence-corrected chi connectivity index (χ4v) is 3.02. The second-order valence-corrected chi connectivity index (χ2v) is 6.13. The highest BCUT2D eigenvalue weighted by Gasteiger charge is 2.23. The highest BCUT2D eigenvalue weighted by atomic mass is 16.2. The summed E-state index contributed by atoms with van der Waals surface area (Å²) in [7, 11) is 0. The zero-order valence-corrected chi connectivity index (χ0v) is 14.7. The Morgan fingerprint density at radius 3 is 2.52 bits per heavy atom. The highest BCUT2D eigenvalue weighted by molar-refractivity contribution is 5.75. The van der Waals surface area contributed by atoms with Gasteiger partial charge < -0.3 is 15.1 Å². The van der Waals surface area contributed by atoms with Crippen molar-refractivity contribution in [3.05, 3.63) is 48.2 Å². The maximum absolute atomic E-state index is 12.6. The number of urea groups is 1. The molecular weight excluding hydrogens is 316 g/mol.